The number of carbonyl (C=O) groups excluding carboxylic acids is 2. The molecule has 1 saturated carbocycles. The van der Waals surface area contributed by atoms with Crippen LogP contribution < -0.4 is 10.6 Å². The first-order valence-electron chi connectivity index (χ1n) is 10.1. The Morgan fingerprint density at radius 3 is 2.34 bits per heavy atom. The Bertz CT molecular complexity index is 1060. The van der Waals surface area contributed by atoms with Gasteiger partial charge < -0.3 is 15.1 Å². The Kier molecular flexibility index (Phi) is 5.14. The molecule has 5 nitrogen and oxygen atoms in total. The van der Waals surface area contributed by atoms with Crippen LogP contribution in [-0.4, -0.2) is 11.8 Å². The number of nitrogens with one attached hydrogen (secondary N) is 2. The number of anilines is 2. The van der Waals surface area contributed by atoms with E-state index in [4.69, 9.17) is 4.42 Å². The van der Waals surface area contributed by atoms with Gasteiger partial charge in [0.05, 0.1) is 12.7 Å². The smallest absolute Gasteiger partial charge is 0.228 e. The van der Waals surface area contributed by atoms with Gasteiger partial charge in [-0.1, -0.05) is 13.8 Å². The highest BCUT2D eigenvalue weighted by molar-refractivity contribution is 5.97. The van der Waals surface area contributed by atoms with Crippen molar-refractivity contribution in [1.29, 1.82) is 0 Å². The number of carbonyl (C=O) groups is 2. The van der Waals surface area contributed by atoms with E-state index in [1.54, 1.807) is 30.5 Å². The molecule has 3 aromatic rings. The lowest BCUT2D eigenvalue weighted by atomic mass is 9.95. The van der Waals surface area contributed by atoms with Crippen molar-refractivity contribution in [2.24, 2.45) is 5.92 Å². The first kappa shape index (κ1) is 19.2. The number of benzene rings is 2. The maximum atomic E-state index is 12.5. The van der Waals surface area contributed by atoms with Gasteiger partial charge >= 0.3 is 0 Å². The fraction of sp³-hybridized carbons (Fsp3) is 0.333. The van der Waals surface area contributed by atoms with Crippen molar-refractivity contribution in [1.82, 2.24) is 0 Å². The van der Waals surface area contributed by atoms with Gasteiger partial charge in [0.15, 0.2) is 0 Å². The molecular weight excluding hydrogens is 364 g/mol. The predicted octanol–water partition coefficient (Wildman–Crippen LogP) is 5.39. The number of amides is 2. The second-order valence-corrected chi connectivity index (χ2v) is 8.19. The molecule has 1 aromatic heterocycles. The molecule has 0 atom stereocenters. The van der Waals surface area contributed by atoms with E-state index in [0.717, 1.165) is 35.1 Å². The molecule has 1 aliphatic carbocycles. The average Bonchev–Trinajstić information content (AvgIpc) is 3.46. The minimum Gasteiger partial charge on any atom is -0.464 e. The van der Waals surface area contributed by atoms with E-state index in [1.165, 1.54) is 11.1 Å². The van der Waals surface area contributed by atoms with Crippen LogP contribution in [-0.2, 0) is 16.0 Å². The van der Waals surface area contributed by atoms with Gasteiger partial charge in [-0.05, 0) is 73.2 Å². The number of aryl methyl sites for hydroxylation is 1. The molecule has 0 unspecified atom stereocenters. The highest BCUT2D eigenvalue weighted by Gasteiger charge is 2.29. The van der Waals surface area contributed by atoms with E-state index in [9.17, 15) is 9.59 Å². The zero-order valence-electron chi connectivity index (χ0n) is 17.0. The summed E-state index contributed by atoms with van der Waals surface area (Å²) in [6, 6.07) is 11.4. The molecule has 2 aromatic carbocycles. The fourth-order valence-electron chi connectivity index (χ4n) is 3.61. The zero-order chi connectivity index (χ0) is 20.5. The Labute approximate surface area is 170 Å². The maximum Gasteiger partial charge on any atom is 0.228 e. The molecule has 0 bridgehead atoms. The normalized spacial score (nSPS) is 13.7. The van der Waals surface area contributed by atoms with Crippen LogP contribution in [0.25, 0.3) is 11.0 Å². The second-order valence-electron chi connectivity index (χ2n) is 8.19. The third-order valence-corrected chi connectivity index (χ3v) is 5.40. The lowest BCUT2D eigenvalue weighted by Crippen LogP contribution is -2.15. The predicted molar refractivity (Wildman–Crippen MR) is 115 cm³/mol. The SMILES string of the molecule is Cc1cc2occ(CC(=O)Nc3ccc(NC(=O)C4CC4)cc3)c2cc1C(C)C. The van der Waals surface area contributed by atoms with Crippen LogP contribution in [0.2, 0.25) is 0 Å². The van der Waals surface area contributed by atoms with Gasteiger partial charge in [0.2, 0.25) is 11.8 Å². The molecule has 4 rings (SSSR count). The van der Waals surface area contributed by atoms with Crippen molar-refractivity contribution in [2.75, 3.05) is 10.6 Å². The molecular formula is C24H26N2O3. The summed E-state index contributed by atoms with van der Waals surface area (Å²) >= 11 is 0. The molecule has 5 heteroatoms. The van der Waals surface area contributed by atoms with Crippen molar-refractivity contribution in [3.63, 3.8) is 0 Å². The van der Waals surface area contributed by atoms with Gasteiger partial charge in [0, 0.05) is 28.2 Å². The monoisotopic (exact) mass is 390 g/mol. The summed E-state index contributed by atoms with van der Waals surface area (Å²) in [7, 11) is 0. The van der Waals surface area contributed by atoms with Gasteiger partial charge in [-0.25, -0.2) is 0 Å². The van der Waals surface area contributed by atoms with E-state index in [2.05, 4.69) is 37.5 Å². The molecule has 150 valence electrons. The van der Waals surface area contributed by atoms with Crippen LogP contribution in [0.3, 0.4) is 0 Å². The average molecular weight is 390 g/mol. The van der Waals surface area contributed by atoms with Crippen LogP contribution in [0.1, 0.15) is 49.3 Å². The number of hydrogen-bond donors (Lipinski definition) is 2. The molecule has 2 N–H and O–H groups in total. The topological polar surface area (TPSA) is 71.3 Å². The highest BCUT2D eigenvalue weighted by atomic mass is 16.3. The Morgan fingerprint density at radius 1 is 1.07 bits per heavy atom. The van der Waals surface area contributed by atoms with Gasteiger partial charge in [0.25, 0.3) is 0 Å². The molecule has 0 spiro atoms. The van der Waals surface area contributed by atoms with E-state index >= 15 is 0 Å². The van der Waals surface area contributed by atoms with Crippen LogP contribution in [0.5, 0.6) is 0 Å². The van der Waals surface area contributed by atoms with Gasteiger partial charge in [-0.3, -0.25) is 9.59 Å². The van der Waals surface area contributed by atoms with E-state index in [0.29, 0.717) is 11.6 Å². The van der Waals surface area contributed by atoms with Crippen LogP contribution in [0.4, 0.5) is 11.4 Å². The number of rotatable bonds is 6. The lowest BCUT2D eigenvalue weighted by molar-refractivity contribution is -0.117. The van der Waals surface area contributed by atoms with E-state index in [1.807, 2.05) is 6.07 Å². The molecule has 1 fully saturated rings. The Balaban J connectivity index is 1.43. The largest absolute Gasteiger partial charge is 0.464 e. The van der Waals surface area contributed by atoms with Gasteiger partial charge in [-0.15, -0.1) is 0 Å². The van der Waals surface area contributed by atoms with Crippen LogP contribution in [0.15, 0.2) is 47.1 Å². The number of furan rings is 1. The molecule has 0 saturated heterocycles. The summed E-state index contributed by atoms with van der Waals surface area (Å²) < 4.78 is 5.67. The standard InChI is InChI=1S/C24H26N2O3/c1-14(2)20-12-21-17(13-29-22(21)10-15(20)3)11-23(27)25-18-6-8-19(9-7-18)26-24(28)16-4-5-16/h6-10,12-14,16H,4-5,11H2,1-3H3,(H,25,27)(H,26,28). The Morgan fingerprint density at radius 2 is 1.72 bits per heavy atom. The minimum atomic E-state index is -0.103. The number of hydrogen-bond acceptors (Lipinski definition) is 3. The fourth-order valence-corrected chi connectivity index (χ4v) is 3.61. The third kappa shape index (κ3) is 4.34. The quantitative estimate of drug-likeness (QED) is 0.592. The van der Waals surface area contributed by atoms with Gasteiger partial charge in [0.1, 0.15) is 5.58 Å². The van der Waals surface area contributed by atoms with Crippen molar-refractivity contribution in [3.05, 3.63) is 59.4 Å². The lowest BCUT2D eigenvalue weighted by Gasteiger charge is -2.10. The minimum absolute atomic E-state index is 0.0737. The second kappa shape index (κ2) is 7.74. The molecule has 1 aliphatic rings. The summed E-state index contributed by atoms with van der Waals surface area (Å²) in [6.45, 7) is 6.41. The molecule has 0 aliphatic heterocycles. The van der Waals surface area contributed by atoms with Crippen molar-refractivity contribution < 1.29 is 14.0 Å². The summed E-state index contributed by atoms with van der Waals surface area (Å²) in [5.74, 6) is 0.549. The Hall–Kier alpha value is -3.08. The summed E-state index contributed by atoms with van der Waals surface area (Å²) in [5, 5.41) is 6.80. The summed E-state index contributed by atoms with van der Waals surface area (Å²) in [4.78, 5) is 24.4. The van der Waals surface area contributed by atoms with Crippen molar-refractivity contribution in [3.8, 4) is 0 Å². The van der Waals surface area contributed by atoms with Crippen LogP contribution >= 0.6 is 0 Å². The molecule has 0 radical (unpaired) electrons. The highest BCUT2D eigenvalue weighted by Crippen LogP contribution is 2.31. The zero-order valence-corrected chi connectivity index (χ0v) is 17.0. The molecule has 29 heavy (non-hydrogen) atoms. The summed E-state index contributed by atoms with van der Waals surface area (Å²) in [6.07, 6.45) is 3.86. The van der Waals surface area contributed by atoms with Crippen LogP contribution in [0, 0.1) is 12.8 Å². The first-order chi connectivity index (χ1) is 13.9. The van der Waals surface area contributed by atoms with E-state index < -0.39 is 0 Å². The first-order valence-corrected chi connectivity index (χ1v) is 10.1. The summed E-state index contributed by atoms with van der Waals surface area (Å²) in [5.41, 5.74) is 5.61. The third-order valence-electron chi connectivity index (χ3n) is 5.40. The van der Waals surface area contributed by atoms with Crippen molar-refractivity contribution >= 4 is 34.2 Å². The van der Waals surface area contributed by atoms with E-state index in [-0.39, 0.29) is 24.2 Å². The van der Waals surface area contributed by atoms with Gasteiger partial charge in [-0.2, -0.15) is 0 Å². The molecule has 1 heterocycles. The number of fused-ring (bicyclic) bond motifs is 1. The van der Waals surface area contributed by atoms with Crippen molar-refractivity contribution in [2.45, 2.75) is 46.0 Å². The maximum absolute atomic E-state index is 12.5. The molecule has 2 amide bonds.